The van der Waals surface area contributed by atoms with Crippen LogP contribution in [0.15, 0.2) is 53.4 Å². The van der Waals surface area contributed by atoms with Gasteiger partial charge < -0.3 is 20.3 Å². The number of morpholine rings is 1. The van der Waals surface area contributed by atoms with Crippen molar-refractivity contribution >= 4 is 52.4 Å². The first-order valence-corrected chi connectivity index (χ1v) is 12.8. The number of hydrogen-bond acceptors (Lipinski definition) is 7. The Labute approximate surface area is 213 Å². The predicted octanol–water partition coefficient (Wildman–Crippen LogP) is 5.59. The average molecular weight is 512 g/mol. The fraction of sp³-hybridized carbons (Fsp3) is 0.280. The summed E-state index contributed by atoms with van der Waals surface area (Å²) >= 11 is 8.02. The van der Waals surface area contributed by atoms with Crippen molar-refractivity contribution in [3.8, 4) is 11.4 Å². The summed E-state index contributed by atoms with van der Waals surface area (Å²) in [6, 6.07) is 13.7. The van der Waals surface area contributed by atoms with E-state index in [1.807, 2.05) is 25.3 Å². The van der Waals surface area contributed by atoms with Gasteiger partial charge in [-0.25, -0.2) is 14.8 Å². The van der Waals surface area contributed by atoms with E-state index in [1.54, 1.807) is 36.4 Å². The molecule has 1 aliphatic rings. The summed E-state index contributed by atoms with van der Waals surface area (Å²) in [4.78, 5) is 36.4. The zero-order chi connectivity index (χ0) is 24.8. The second-order valence-corrected chi connectivity index (χ2v) is 8.98. The lowest BCUT2D eigenvalue weighted by atomic mass is 10.1. The molecule has 1 saturated heterocycles. The van der Waals surface area contributed by atoms with E-state index >= 15 is 0 Å². The minimum Gasteiger partial charge on any atom is -0.378 e. The number of rotatable bonds is 7. The van der Waals surface area contributed by atoms with Gasteiger partial charge in [0.2, 0.25) is 0 Å². The van der Waals surface area contributed by atoms with Crippen LogP contribution >= 0.6 is 23.4 Å². The van der Waals surface area contributed by atoms with E-state index in [0.29, 0.717) is 47.6 Å². The minimum absolute atomic E-state index is 0.0616. The van der Waals surface area contributed by atoms with Crippen LogP contribution in [0.25, 0.3) is 11.4 Å². The van der Waals surface area contributed by atoms with Crippen molar-refractivity contribution in [3.63, 3.8) is 0 Å². The van der Waals surface area contributed by atoms with Gasteiger partial charge in [0.15, 0.2) is 11.6 Å². The number of carbonyl (C=O) groups is 2. The van der Waals surface area contributed by atoms with E-state index in [4.69, 9.17) is 21.3 Å². The fourth-order valence-corrected chi connectivity index (χ4v) is 4.61. The van der Waals surface area contributed by atoms with Crippen LogP contribution in [0.2, 0.25) is 5.15 Å². The van der Waals surface area contributed by atoms with Gasteiger partial charge in [-0.3, -0.25) is 4.79 Å². The zero-order valence-electron chi connectivity index (χ0n) is 19.5. The lowest BCUT2D eigenvalue weighted by Crippen LogP contribution is -2.37. The fourth-order valence-electron chi connectivity index (χ4n) is 3.65. The second kappa shape index (κ2) is 11.5. The highest BCUT2D eigenvalue weighted by molar-refractivity contribution is 7.98. The molecular weight excluding hydrogens is 486 g/mol. The third-order valence-electron chi connectivity index (χ3n) is 5.51. The van der Waals surface area contributed by atoms with E-state index in [9.17, 15) is 9.59 Å². The summed E-state index contributed by atoms with van der Waals surface area (Å²) in [6.45, 7) is 4.60. The number of urea groups is 1. The van der Waals surface area contributed by atoms with Crippen molar-refractivity contribution in [1.82, 2.24) is 9.97 Å². The Bertz CT molecular complexity index is 1200. The number of ether oxygens (including phenoxy) is 1. The molecule has 1 fully saturated rings. The molecule has 2 heterocycles. The van der Waals surface area contributed by atoms with Crippen LogP contribution in [-0.2, 0) is 4.74 Å². The Hall–Kier alpha value is -3.14. The highest BCUT2D eigenvalue weighted by Gasteiger charge is 2.21. The van der Waals surface area contributed by atoms with Crippen LogP contribution in [0.1, 0.15) is 23.7 Å². The highest BCUT2D eigenvalue weighted by Crippen LogP contribution is 2.35. The maximum Gasteiger partial charge on any atom is 0.323 e. The first-order chi connectivity index (χ1) is 17.0. The van der Waals surface area contributed by atoms with Crippen LogP contribution in [0, 0.1) is 0 Å². The van der Waals surface area contributed by atoms with Crippen molar-refractivity contribution < 1.29 is 14.3 Å². The van der Waals surface area contributed by atoms with E-state index in [2.05, 4.69) is 20.5 Å². The van der Waals surface area contributed by atoms with Gasteiger partial charge in [-0.05, 0) is 54.8 Å². The number of ketones is 1. The van der Waals surface area contributed by atoms with Crippen LogP contribution in [-0.4, -0.2) is 54.3 Å². The largest absolute Gasteiger partial charge is 0.378 e. The Kier molecular flexibility index (Phi) is 8.22. The summed E-state index contributed by atoms with van der Waals surface area (Å²) in [5.41, 5.74) is 2.62. The van der Waals surface area contributed by atoms with E-state index < -0.39 is 0 Å². The predicted molar refractivity (Wildman–Crippen MR) is 141 cm³/mol. The van der Waals surface area contributed by atoms with Crippen molar-refractivity contribution in [2.75, 3.05) is 48.1 Å². The summed E-state index contributed by atoms with van der Waals surface area (Å²) < 4.78 is 5.46. The van der Waals surface area contributed by atoms with Crippen molar-refractivity contribution in [1.29, 1.82) is 0 Å². The Morgan fingerprint density at radius 1 is 1.00 bits per heavy atom. The number of amides is 2. The van der Waals surface area contributed by atoms with Gasteiger partial charge >= 0.3 is 6.03 Å². The smallest absolute Gasteiger partial charge is 0.323 e. The molecule has 0 spiro atoms. The second-order valence-electron chi connectivity index (χ2n) is 7.80. The maximum absolute atomic E-state index is 12.4. The van der Waals surface area contributed by atoms with Gasteiger partial charge in [0.05, 0.1) is 18.1 Å². The molecule has 10 heteroatoms. The number of aromatic nitrogens is 2. The molecule has 2 aromatic carbocycles. The Balaban J connectivity index is 1.45. The normalized spacial score (nSPS) is 13.4. The number of nitrogens with one attached hydrogen (secondary N) is 2. The number of Topliss-reactive ketones (excluding diaryl/α,β-unsaturated/α-hetero) is 1. The van der Waals surface area contributed by atoms with Crippen molar-refractivity contribution in [2.24, 2.45) is 0 Å². The summed E-state index contributed by atoms with van der Waals surface area (Å²) in [5.74, 6) is 1.39. The molecule has 0 atom stereocenters. The van der Waals surface area contributed by atoms with Crippen LogP contribution in [0.3, 0.4) is 0 Å². The molecule has 0 bridgehead atoms. The van der Waals surface area contributed by atoms with Crippen LogP contribution < -0.4 is 15.5 Å². The minimum atomic E-state index is -0.384. The number of thioether (sulfide) groups is 1. The van der Waals surface area contributed by atoms with Crippen LogP contribution in [0.5, 0.6) is 0 Å². The molecule has 4 rings (SSSR count). The number of hydrogen-bond donors (Lipinski definition) is 2. The first-order valence-electron chi connectivity index (χ1n) is 11.2. The summed E-state index contributed by atoms with van der Waals surface area (Å²) in [5, 5.41) is 5.98. The average Bonchev–Trinajstić information content (AvgIpc) is 2.89. The molecule has 35 heavy (non-hydrogen) atoms. The SMILES string of the molecule is CCC(=O)c1ccc(NC(=O)Nc2ccc(-c3nc(Cl)c(SC)c(N4CCOCC4)n3)cc2)cc1. The van der Waals surface area contributed by atoms with E-state index in [1.165, 1.54) is 11.8 Å². The number of carbonyl (C=O) groups excluding carboxylic acids is 2. The van der Waals surface area contributed by atoms with Gasteiger partial charge in [-0.15, -0.1) is 11.8 Å². The molecule has 182 valence electrons. The number of benzene rings is 2. The molecule has 8 nitrogen and oxygen atoms in total. The van der Waals surface area contributed by atoms with Crippen LogP contribution in [0.4, 0.5) is 22.0 Å². The van der Waals surface area contributed by atoms with E-state index in [0.717, 1.165) is 29.4 Å². The third kappa shape index (κ3) is 6.11. The molecule has 0 saturated carbocycles. The topological polar surface area (TPSA) is 96.5 Å². The molecule has 2 amide bonds. The summed E-state index contributed by atoms with van der Waals surface area (Å²) in [7, 11) is 0. The van der Waals surface area contributed by atoms with Gasteiger partial charge in [0.1, 0.15) is 11.0 Å². The van der Waals surface area contributed by atoms with Gasteiger partial charge in [-0.1, -0.05) is 18.5 Å². The first kappa shape index (κ1) is 25.0. The number of halogens is 1. The van der Waals surface area contributed by atoms with Gasteiger partial charge in [0.25, 0.3) is 0 Å². The number of anilines is 3. The standard InChI is InChI=1S/C25H26ClN5O3S/c1-3-20(32)16-4-8-18(9-5-16)27-25(33)28-19-10-6-17(7-11-19)23-29-22(26)21(35-2)24(30-23)31-12-14-34-15-13-31/h4-11H,3,12-15H2,1-2H3,(H2,27,28,33). The lowest BCUT2D eigenvalue weighted by molar-refractivity contribution is 0.0988. The third-order valence-corrected chi connectivity index (χ3v) is 6.68. The van der Waals surface area contributed by atoms with Crippen molar-refractivity contribution in [2.45, 2.75) is 18.2 Å². The molecule has 3 aromatic rings. The monoisotopic (exact) mass is 511 g/mol. The quantitative estimate of drug-likeness (QED) is 0.242. The lowest BCUT2D eigenvalue weighted by Gasteiger charge is -2.29. The molecule has 1 aliphatic heterocycles. The zero-order valence-corrected chi connectivity index (χ0v) is 21.1. The Morgan fingerprint density at radius 2 is 1.60 bits per heavy atom. The molecule has 1 aromatic heterocycles. The van der Waals surface area contributed by atoms with Gasteiger partial charge in [0, 0.05) is 42.0 Å². The molecule has 2 N–H and O–H groups in total. The molecular formula is C25H26ClN5O3S. The molecule has 0 aliphatic carbocycles. The highest BCUT2D eigenvalue weighted by atomic mass is 35.5. The Morgan fingerprint density at radius 3 is 2.17 bits per heavy atom. The molecule has 0 unspecified atom stereocenters. The maximum atomic E-state index is 12.4. The summed E-state index contributed by atoms with van der Waals surface area (Å²) in [6.07, 6.45) is 2.40. The van der Waals surface area contributed by atoms with Crippen molar-refractivity contribution in [3.05, 3.63) is 59.2 Å². The van der Waals surface area contributed by atoms with Gasteiger partial charge in [-0.2, -0.15) is 0 Å². The number of nitrogens with zero attached hydrogens (tertiary/aromatic N) is 3. The molecule has 0 radical (unpaired) electrons. The van der Waals surface area contributed by atoms with E-state index in [-0.39, 0.29) is 11.8 Å².